The number of aliphatic hydroxyl groups excluding tert-OH is 1. The predicted octanol–water partition coefficient (Wildman–Crippen LogP) is 0.620. The van der Waals surface area contributed by atoms with Crippen molar-refractivity contribution in [1.82, 2.24) is 10.2 Å². The predicted molar refractivity (Wildman–Crippen MR) is 74.9 cm³/mol. The molecule has 5 nitrogen and oxygen atoms in total. The van der Waals surface area contributed by atoms with Gasteiger partial charge in [0.2, 0.25) is 5.91 Å². The number of aliphatic hydroxyl groups is 1. The molecule has 112 valence electrons. The van der Waals surface area contributed by atoms with E-state index in [2.05, 4.69) is 12.2 Å². The van der Waals surface area contributed by atoms with Gasteiger partial charge in [-0.05, 0) is 31.6 Å². The lowest BCUT2D eigenvalue weighted by molar-refractivity contribution is -0.127. The van der Waals surface area contributed by atoms with Crippen LogP contribution in [0.15, 0.2) is 0 Å². The van der Waals surface area contributed by atoms with E-state index in [1.54, 1.807) is 14.1 Å². The second-order valence-electron chi connectivity index (χ2n) is 5.79. The zero-order valence-electron chi connectivity index (χ0n) is 12.4. The fraction of sp³-hybridized carbons (Fsp3) is 0.929. The average molecular weight is 272 g/mol. The Morgan fingerprint density at radius 1 is 1.37 bits per heavy atom. The summed E-state index contributed by atoms with van der Waals surface area (Å²) in [5.74, 6) is 0.817. The molecule has 2 N–H and O–H groups in total. The maximum absolute atomic E-state index is 11.3. The Morgan fingerprint density at radius 3 is 2.58 bits per heavy atom. The highest BCUT2D eigenvalue weighted by Gasteiger charge is 2.19. The highest BCUT2D eigenvalue weighted by atomic mass is 16.5. The van der Waals surface area contributed by atoms with Crippen LogP contribution >= 0.6 is 0 Å². The van der Waals surface area contributed by atoms with Crippen LogP contribution in [0.5, 0.6) is 0 Å². The van der Waals surface area contributed by atoms with Crippen molar-refractivity contribution in [2.24, 2.45) is 5.92 Å². The van der Waals surface area contributed by atoms with E-state index < -0.39 is 6.10 Å². The highest BCUT2D eigenvalue weighted by Crippen LogP contribution is 2.25. The first-order valence-corrected chi connectivity index (χ1v) is 7.19. The number of carbonyl (C=O) groups is 1. The summed E-state index contributed by atoms with van der Waals surface area (Å²) < 4.78 is 5.71. The normalized spacial score (nSPS) is 25.1. The molecule has 1 unspecified atom stereocenters. The number of rotatable bonds is 7. The van der Waals surface area contributed by atoms with Crippen molar-refractivity contribution in [1.29, 1.82) is 0 Å². The molecule has 0 aromatic rings. The van der Waals surface area contributed by atoms with Crippen LogP contribution in [0.1, 0.15) is 32.6 Å². The average Bonchev–Trinajstić information content (AvgIpc) is 2.37. The summed E-state index contributed by atoms with van der Waals surface area (Å²) in [7, 11) is 3.43. The molecule has 0 aromatic carbocycles. The minimum atomic E-state index is -0.547. The summed E-state index contributed by atoms with van der Waals surface area (Å²) in [5.41, 5.74) is 0. The summed E-state index contributed by atoms with van der Waals surface area (Å²) in [4.78, 5) is 12.8. The van der Waals surface area contributed by atoms with Gasteiger partial charge in [0.25, 0.3) is 0 Å². The van der Waals surface area contributed by atoms with Crippen molar-refractivity contribution in [2.45, 2.75) is 44.8 Å². The van der Waals surface area contributed by atoms with Crippen LogP contribution in [0.25, 0.3) is 0 Å². The zero-order valence-corrected chi connectivity index (χ0v) is 12.4. The minimum absolute atomic E-state index is 0.00869. The summed E-state index contributed by atoms with van der Waals surface area (Å²) in [5, 5.41) is 12.7. The molecular formula is C14H28N2O3. The van der Waals surface area contributed by atoms with Gasteiger partial charge in [-0.25, -0.2) is 0 Å². The lowest BCUT2D eigenvalue weighted by atomic mass is 9.89. The van der Waals surface area contributed by atoms with Gasteiger partial charge in [-0.15, -0.1) is 0 Å². The van der Waals surface area contributed by atoms with Crippen molar-refractivity contribution in [2.75, 3.05) is 33.8 Å². The fourth-order valence-electron chi connectivity index (χ4n) is 2.21. The topological polar surface area (TPSA) is 61.8 Å². The molecule has 1 amide bonds. The van der Waals surface area contributed by atoms with Crippen LogP contribution < -0.4 is 5.32 Å². The Morgan fingerprint density at radius 2 is 2.00 bits per heavy atom. The first-order chi connectivity index (χ1) is 8.99. The van der Waals surface area contributed by atoms with Crippen LogP contribution in [-0.4, -0.2) is 61.9 Å². The van der Waals surface area contributed by atoms with Gasteiger partial charge in [0.05, 0.1) is 25.4 Å². The lowest BCUT2D eigenvalue weighted by Crippen LogP contribution is -2.38. The van der Waals surface area contributed by atoms with Crippen molar-refractivity contribution >= 4 is 5.91 Å². The molecule has 0 bridgehead atoms. The maximum Gasteiger partial charge on any atom is 0.236 e. The molecule has 0 spiro atoms. The third-order valence-electron chi connectivity index (χ3n) is 3.64. The van der Waals surface area contributed by atoms with Crippen LogP contribution in [0, 0.1) is 5.92 Å². The number of likely N-dealkylation sites (N-methyl/N-ethyl adjacent to an activating group) is 1. The van der Waals surface area contributed by atoms with Crippen LogP contribution in [0.4, 0.5) is 0 Å². The molecule has 1 rings (SSSR count). The maximum atomic E-state index is 11.3. The molecule has 0 aliphatic heterocycles. The third-order valence-corrected chi connectivity index (χ3v) is 3.64. The van der Waals surface area contributed by atoms with Crippen molar-refractivity contribution < 1.29 is 14.6 Å². The SMILES string of the molecule is CC1CCC(OCC(O)CNCC(=O)N(C)C)CC1. The molecule has 0 saturated heterocycles. The molecule has 1 aliphatic rings. The number of amides is 1. The lowest BCUT2D eigenvalue weighted by Gasteiger charge is -2.27. The minimum Gasteiger partial charge on any atom is -0.389 e. The molecule has 1 atom stereocenters. The van der Waals surface area contributed by atoms with Crippen LogP contribution in [0.3, 0.4) is 0 Å². The molecule has 0 radical (unpaired) electrons. The summed E-state index contributed by atoms with van der Waals surface area (Å²) >= 11 is 0. The highest BCUT2D eigenvalue weighted by molar-refractivity contribution is 5.77. The van der Waals surface area contributed by atoms with Gasteiger partial charge in [0, 0.05) is 20.6 Å². The number of carbonyl (C=O) groups excluding carboxylic acids is 1. The van der Waals surface area contributed by atoms with E-state index in [1.165, 1.54) is 17.7 Å². The Hall–Kier alpha value is -0.650. The number of hydrogen-bond acceptors (Lipinski definition) is 4. The second-order valence-corrected chi connectivity index (χ2v) is 5.79. The number of hydrogen-bond donors (Lipinski definition) is 2. The van der Waals surface area contributed by atoms with Crippen molar-refractivity contribution in [3.63, 3.8) is 0 Å². The molecule has 1 aliphatic carbocycles. The van der Waals surface area contributed by atoms with Gasteiger partial charge >= 0.3 is 0 Å². The van der Waals surface area contributed by atoms with Gasteiger partial charge in [-0.1, -0.05) is 6.92 Å². The van der Waals surface area contributed by atoms with Gasteiger partial charge in [0.15, 0.2) is 0 Å². The second kappa shape index (κ2) is 8.51. The third kappa shape index (κ3) is 6.89. The molecule has 0 aromatic heterocycles. The van der Waals surface area contributed by atoms with E-state index in [1.807, 2.05) is 0 Å². The van der Waals surface area contributed by atoms with Crippen molar-refractivity contribution in [3.05, 3.63) is 0 Å². The summed E-state index contributed by atoms with van der Waals surface area (Å²) in [6.45, 7) is 3.27. The number of nitrogens with zero attached hydrogens (tertiary/aromatic N) is 1. The standard InChI is InChI=1S/C14H28N2O3/c1-11-4-6-13(7-5-11)19-10-12(17)8-15-9-14(18)16(2)3/h11-13,15,17H,4-10H2,1-3H3. The molecule has 1 saturated carbocycles. The number of ether oxygens (including phenoxy) is 1. The molecule has 19 heavy (non-hydrogen) atoms. The Balaban J connectivity index is 2.04. The molecule has 1 fully saturated rings. The van der Waals surface area contributed by atoms with Gasteiger partial charge in [-0.3, -0.25) is 4.79 Å². The first-order valence-electron chi connectivity index (χ1n) is 7.19. The Bertz CT molecular complexity index is 263. The Kier molecular flexibility index (Phi) is 7.34. The first kappa shape index (κ1) is 16.4. The van der Waals surface area contributed by atoms with E-state index in [0.29, 0.717) is 19.3 Å². The zero-order chi connectivity index (χ0) is 14.3. The summed E-state index contributed by atoms with van der Waals surface area (Å²) in [6.07, 6.45) is 4.39. The monoisotopic (exact) mass is 272 g/mol. The van der Waals surface area contributed by atoms with E-state index in [4.69, 9.17) is 4.74 Å². The van der Waals surface area contributed by atoms with E-state index >= 15 is 0 Å². The molecule has 5 heteroatoms. The Labute approximate surface area is 116 Å². The van der Waals surface area contributed by atoms with Gasteiger partial charge in [0.1, 0.15) is 0 Å². The largest absolute Gasteiger partial charge is 0.389 e. The van der Waals surface area contributed by atoms with Crippen LogP contribution in [0.2, 0.25) is 0 Å². The van der Waals surface area contributed by atoms with E-state index in [9.17, 15) is 9.90 Å². The van der Waals surface area contributed by atoms with Crippen molar-refractivity contribution in [3.8, 4) is 0 Å². The smallest absolute Gasteiger partial charge is 0.236 e. The van der Waals surface area contributed by atoms with E-state index in [-0.39, 0.29) is 12.5 Å². The van der Waals surface area contributed by atoms with E-state index in [0.717, 1.165) is 18.8 Å². The van der Waals surface area contributed by atoms with Crippen LogP contribution in [-0.2, 0) is 9.53 Å². The fourth-order valence-corrected chi connectivity index (χ4v) is 2.21. The molecular weight excluding hydrogens is 244 g/mol. The summed E-state index contributed by atoms with van der Waals surface area (Å²) in [6, 6.07) is 0. The van der Waals surface area contributed by atoms with Gasteiger partial charge in [-0.2, -0.15) is 0 Å². The molecule has 0 heterocycles. The quantitative estimate of drug-likeness (QED) is 0.713. The van der Waals surface area contributed by atoms with Gasteiger partial charge < -0.3 is 20.1 Å². The number of nitrogens with one attached hydrogen (secondary N) is 1.